The van der Waals surface area contributed by atoms with Gasteiger partial charge in [0.25, 0.3) is 0 Å². The average Bonchev–Trinajstić information content (AvgIpc) is 2.28. The van der Waals surface area contributed by atoms with Crippen molar-refractivity contribution in [1.29, 1.82) is 0 Å². The molecule has 76 valence electrons. The van der Waals surface area contributed by atoms with E-state index in [-0.39, 0.29) is 23.5 Å². The number of carbonyl (C=O) groups is 1. The van der Waals surface area contributed by atoms with Crippen molar-refractivity contribution in [1.82, 2.24) is 10.2 Å². The Balaban J connectivity index is 2.76. The number of nitrogens with one attached hydrogen (secondary N) is 1. The molecule has 1 amide bonds. The van der Waals surface area contributed by atoms with Gasteiger partial charge in [-0.15, -0.1) is 0 Å². The molecular formula is C10H20N2O. The summed E-state index contributed by atoms with van der Waals surface area (Å²) >= 11 is 0. The fourth-order valence-corrected chi connectivity index (χ4v) is 1.61. The Morgan fingerprint density at radius 3 is 2.38 bits per heavy atom. The summed E-state index contributed by atoms with van der Waals surface area (Å²) in [5.74, 6) is 0.218. The summed E-state index contributed by atoms with van der Waals surface area (Å²) in [5.41, 5.74) is 0.149. The third-order valence-corrected chi connectivity index (χ3v) is 2.92. The third-order valence-electron chi connectivity index (χ3n) is 2.92. The molecule has 1 aliphatic heterocycles. The Bertz CT molecular complexity index is 207. The highest BCUT2D eigenvalue weighted by Gasteiger charge is 2.36. The molecule has 1 aliphatic rings. The van der Waals surface area contributed by atoms with Crippen LogP contribution in [0.4, 0.5) is 0 Å². The van der Waals surface area contributed by atoms with Gasteiger partial charge in [0, 0.05) is 6.04 Å². The van der Waals surface area contributed by atoms with Crippen LogP contribution in [0.3, 0.4) is 0 Å². The summed E-state index contributed by atoms with van der Waals surface area (Å²) < 4.78 is 0. The van der Waals surface area contributed by atoms with Gasteiger partial charge in [-0.2, -0.15) is 0 Å². The molecule has 0 saturated carbocycles. The van der Waals surface area contributed by atoms with Crippen LogP contribution in [0.2, 0.25) is 0 Å². The molecule has 0 aromatic carbocycles. The summed E-state index contributed by atoms with van der Waals surface area (Å²) in [5, 5.41) is 3.15. The molecule has 2 unspecified atom stereocenters. The molecule has 0 aliphatic carbocycles. The van der Waals surface area contributed by atoms with Crippen LogP contribution in [-0.4, -0.2) is 29.6 Å². The van der Waals surface area contributed by atoms with Crippen molar-refractivity contribution in [3.8, 4) is 0 Å². The average molecular weight is 184 g/mol. The Morgan fingerprint density at radius 1 is 1.54 bits per heavy atom. The van der Waals surface area contributed by atoms with Crippen molar-refractivity contribution in [2.24, 2.45) is 5.41 Å². The van der Waals surface area contributed by atoms with Crippen LogP contribution in [0.5, 0.6) is 0 Å². The first-order valence-electron chi connectivity index (χ1n) is 4.88. The van der Waals surface area contributed by atoms with E-state index in [9.17, 15) is 4.79 Å². The van der Waals surface area contributed by atoms with Gasteiger partial charge in [-0.25, -0.2) is 0 Å². The number of amides is 1. The Morgan fingerprint density at radius 2 is 2.08 bits per heavy atom. The van der Waals surface area contributed by atoms with Crippen molar-refractivity contribution in [3.05, 3.63) is 0 Å². The minimum atomic E-state index is 0.149. The molecule has 0 aromatic rings. The maximum atomic E-state index is 11.5. The number of nitrogens with zero attached hydrogens (tertiary/aromatic N) is 1. The zero-order valence-corrected chi connectivity index (χ0v) is 9.22. The van der Waals surface area contributed by atoms with Crippen LogP contribution in [0, 0.1) is 5.41 Å². The fraction of sp³-hybridized carbons (Fsp3) is 0.900. The van der Waals surface area contributed by atoms with E-state index in [0.717, 1.165) is 0 Å². The predicted molar refractivity (Wildman–Crippen MR) is 53.2 cm³/mol. The minimum absolute atomic E-state index is 0.149. The summed E-state index contributed by atoms with van der Waals surface area (Å²) in [6.07, 6.45) is 0.182. The first kappa shape index (κ1) is 10.5. The summed E-state index contributed by atoms with van der Waals surface area (Å²) in [6, 6.07) is 0.282. The minimum Gasteiger partial charge on any atom is -0.323 e. The van der Waals surface area contributed by atoms with Gasteiger partial charge in [0.15, 0.2) is 0 Å². The second-order valence-corrected chi connectivity index (χ2v) is 4.90. The van der Waals surface area contributed by atoms with Gasteiger partial charge in [0.2, 0.25) is 5.91 Å². The van der Waals surface area contributed by atoms with E-state index in [1.165, 1.54) is 0 Å². The molecule has 0 radical (unpaired) electrons. The molecule has 3 nitrogen and oxygen atoms in total. The van der Waals surface area contributed by atoms with E-state index in [1.807, 2.05) is 11.8 Å². The normalized spacial score (nSPS) is 26.7. The van der Waals surface area contributed by atoms with Gasteiger partial charge < -0.3 is 4.90 Å². The maximum Gasteiger partial charge on any atom is 0.238 e. The molecule has 1 saturated heterocycles. The lowest BCUT2D eigenvalue weighted by Crippen LogP contribution is -2.47. The fourth-order valence-electron chi connectivity index (χ4n) is 1.61. The Labute approximate surface area is 80.5 Å². The number of hydrogen-bond donors (Lipinski definition) is 1. The van der Waals surface area contributed by atoms with Gasteiger partial charge in [0.05, 0.1) is 12.7 Å². The zero-order chi connectivity index (χ0) is 10.2. The predicted octanol–water partition coefficient (Wildman–Crippen LogP) is 1.20. The van der Waals surface area contributed by atoms with Gasteiger partial charge in [-0.1, -0.05) is 20.8 Å². The van der Waals surface area contributed by atoms with Crippen LogP contribution in [0.15, 0.2) is 0 Å². The van der Waals surface area contributed by atoms with Crippen LogP contribution in [0.25, 0.3) is 0 Å². The number of hydrogen-bond acceptors (Lipinski definition) is 2. The van der Waals surface area contributed by atoms with Gasteiger partial charge in [-0.05, 0) is 19.3 Å². The highest BCUT2D eigenvalue weighted by Crippen LogP contribution is 2.26. The lowest BCUT2D eigenvalue weighted by atomic mass is 9.87. The largest absolute Gasteiger partial charge is 0.323 e. The molecule has 1 heterocycles. The second-order valence-electron chi connectivity index (χ2n) is 4.90. The zero-order valence-electron chi connectivity index (χ0n) is 9.22. The van der Waals surface area contributed by atoms with E-state index in [2.05, 4.69) is 33.0 Å². The van der Waals surface area contributed by atoms with Gasteiger partial charge in [-0.3, -0.25) is 10.1 Å². The standard InChI is InChI=1S/C10H20N2O/c1-7(10(3,4)5)12-8(2)11-6-9(12)13/h7-8,11H,6H2,1-5H3. The lowest BCUT2D eigenvalue weighted by Gasteiger charge is -2.37. The van der Waals surface area contributed by atoms with Crippen molar-refractivity contribution >= 4 is 5.91 Å². The van der Waals surface area contributed by atoms with E-state index in [1.54, 1.807) is 0 Å². The van der Waals surface area contributed by atoms with Gasteiger partial charge >= 0.3 is 0 Å². The topological polar surface area (TPSA) is 32.3 Å². The maximum absolute atomic E-state index is 11.5. The highest BCUT2D eigenvalue weighted by atomic mass is 16.2. The molecule has 13 heavy (non-hydrogen) atoms. The summed E-state index contributed by atoms with van der Waals surface area (Å²) in [6.45, 7) is 11.1. The van der Waals surface area contributed by atoms with Crippen LogP contribution in [0.1, 0.15) is 34.6 Å². The molecule has 0 bridgehead atoms. The third kappa shape index (κ3) is 2.02. The number of rotatable bonds is 1. The van der Waals surface area contributed by atoms with E-state index in [0.29, 0.717) is 6.54 Å². The molecule has 1 fully saturated rings. The van der Waals surface area contributed by atoms with E-state index in [4.69, 9.17) is 0 Å². The second kappa shape index (κ2) is 3.29. The van der Waals surface area contributed by atoms with Crippen molar-refractivity contribution < 1.29 is 4.79 Å². The van der Waals surface area contributed by atoms with Crippen LogP contribution in [-0.2, 0) is 4.79 Å². The number of carbonyl (C=O) groups excluding carboxylic acids is 1. The van der Waals surface area contributed by atoms with Crippen LogP contribution >= 0.6 is 0 Å². The quantitative estimate of drug-likeness (QED) is 0.664. The highest BCUT2D eigenvalue weighted by molar-refractivity contribution is 5.80. The van der Waals surface area contributed by atoms with Crippen LogP contribution < -0.4 is 5.32 Å². The SMILES string of the molecule is CC1NCC(=O)N1C(C)C(C)(C)C. The van der Waals surface area contributed by atoms with Crippen molar-refractivity contribution in [2.45, 2.75) is 46.8 Å². The summed E-state index contributed by atoms with van der Waals surface area (Å²) in [7, 11) is 0. The lowest BCUT2D eigenvalue weighted by molar-refractivity contribution is -0.131. The van der Waals surface area contributed by atoms with Crippen molar-refractivity contribution in [2.75, 3.05) is 6.54 Å². The smallest absolute Gasteiger partial charge is 0.238 e. The molecule has 2 atom stereocenters. The van der Waals surface area contributed by atoms with Gasteiger partial charge in [0.1, 0.15) is 0 Å². The van der Waals surface area contributed by atoms with E-state index < -0.39 is 0 Å². The molecule has 0 aromatic heterocycles. The molecule has 1 rings (SSSR count). The molecular weight excluding hydrogens is 164 g/mol. The first-order valence-corrected chi connectivity index (χ1v) is 4.88. The monoisotopic (exact) mass is 184 g/mol. The molecule has 0 spiro atoms. The van der Waals surface area contributed by atoms with Crippen molar-refractivity contribution in [3.63, 3.8) is 0 Å². The summed E-state index contributed by atoms with van der Waals surface area (Å²) in [4.78, 5) is 13.5. The van der Waals surface area contributed by atoms with E-state index >= 15 is 0 Å². The molecule has 3 heteroatoms. The molecule has 1 N–H and O–H groups in total. The Kier molecular flexibility index (Phi) is 2.66. The Hall–Kier alpha value is -0.570. The first-order chi connectivity index (χ1) is 5.84.